The fourth-order valence-electron chi connectivity index (χ4n) is 4.79. The molecule has 0 bridgehead atoms. The Labute approximate surface area is 196 Å². The molecular formula is C23H28N8O3. The van der Waals surface area contributed by atoms with Crippen LogP contribution in [0, 0.1) is 13.8 Å². The molecule has 2 saturated heterocycles. The Hall–Kier alpha value is -3.40. The average molecular weight is 465 g/mol. The number of aryl methyl sites for hydroxylation is 3. The van der Waals surface area contributed by atoms with Crippen LogP contribution in [0.1, 0.15) is 42.6 Å². The first-order valence-electron chi connectivity index (χ1n) is 11.5. The number of aromatic nitrogens is 5. The molecule has 1 unspecified atom stereocenters. The van der Waals surface area contributed by atoms with Crippen LogP contribution in [0.5, 0.6) is 5.88 Å². The van der Waals surface area contributed by atoms with Gasteiger partial charge >= 0.3 is 0 Å². The fourth-order valence-corrected chi connectivity index (χ4v) is 4.79. The Morgan fingerprint density at radius 3 is 2.85 bits per heavy atom. The summed E-state index contributed by atoms with van der Waals surface area (Å²) >= 11 is 0. The van der Waals surface area contributed by atoms with Crippen molar-refractivity contribution in [1.82, 2.24) is 24.5 Å². The number of rotatable bonds is 6. The molecule has 2 aliphatic heterocycles. The van der Waals surface area contributed by atoms with E-state index >= 15 is 0 Å². The van der Waals surface area contributed by atoms with E-state index in [-0.39, 0.29) is 6.23 Å². The zero-order valence-electron chi connectivity index (χ0n) is 19.6. The van der Waals surface area contributed by atoms with Gasteiger partial charge in [-0.3, -0.25) is 4.98 Å². The van der Waals surface area contributed by atoms with E-state index in [1.54, 1.807) is 10.8 Å². The normalized spacial score (nSPS) is 22.6. The molecule has 0 saturated carbocycles. The van der Waals surface area contributed by atoms with Gasteiger partial charge in [-0.15, -0.1) is 0 Å². The Morgan fingerprint density at radius 2 is 2.12 bits per heavy atom. The minimum atomic E-state index is -0.399. The van der Waals surface area contributed by atoms with E-state index in [1.165, 1.54) is 0 Å². The van der Waals surface area contributed by atoms with Gasteiger partial charge in [0.15, 0.2) is 6.23 Å². The third-order valence-electron chi connectivity index (χ3n) is 6.40. The van der Waals surface area contributed by atoms with Gasteiger partial charge in [-0.25, -0.2) is 9.36 Å². The predicted octanol–water partition coefficient (Wildman–Crippen LogP) is 4.25. The van der Waals surface area contributed by atoms with Gasteiger partial charge in [0.25, 0.3) is 0 Å². The standard InChI is InChI=1S/C23H28N8O3/c1-5-16-15-10-17(25-14(3)22(15)31(28-16)20-8-6-7-9-33-20)21-13(2)27-30(4)23(21)34-19-12-32-11-18(19)26-29-24/h5,10,18-20H,1,6-9,11-12H2,2-4H3/t18-,19+,20?/m1/s1. The summed E-state index contributed by atoms with van der Waals surface area (Å²) in [7, 11) is 1.82. The molecule has 2 aliphatic rings. The summed E-state index contributed by atoms with van der Waals surface area (Å²) in [5.74, 6) is 0.556. The molecule has 0 radical (unpaired) electrons. The van der Waals surface area contributed by atoms with E-state index in [0.717, 1.165) is 65.1 Å². The van der Waals surface area contributed by atoms with Crippen LogP contribution in [0.3, 0.4) is 0 Å². The van der Waals surface area contributed by atoms with Crippen LogP contribution in [-0.4, -0.2) is 56.5 Å². The van der Waals surface area contributed by atoms with Crippen molar-refractivity contribution in [3.63, 3.8) is 0 Å². The third-order valence-corrected chi connectivity index (χ3v) is 6.40. The van der Waals surface area contributed by atoms with Crippen molar-refractivity contribution in [2.75, 3.05) is 19.8 Å². The highest BCUT2D eigenvalue weighted by Gasteiger charge is 2.32. The van der Waals surface area contributed by atoms with Crippen molar-refractivity contribution in [2.45, 2.75) is 51.5 Å². The summed E-state index contributed by atoms with van der Waals surface area (Å²) in [6.45, 7) is 9.28. The van der Waals surface area contributed by atoms with Crippen LogP contribution >= 0.6 is 0 Å². The minimum Gasteiger partial charge on any atom is -0.471 e. The maximum atomic E-state index is 8.87. The molecule has 0 N–H and O–H groups in total. The third kappa shape index (κ3) is 3.81. The largest absolute Gasteiger partial charge is 0.471 e. The minimum absolute atomic E-state index is 0.102. The summed E-state index contributed by atoms with van der Waals surface area (Å²) in [6.07, 6.45) is 4.36. The maximum Gasteiger partial charge on any atom is 0.221 e. The molecule has 0 aromatic carbocycles. The van der Waals surface area contributed by atoms with Crippen molar-refractivity contribution in [1.29, 1.82) is 0 Å². The summed E-state index contributed by atoms with van der Waals surface area (Å²) < 4.78 is 21.4. The maximum absolute atomic E-state index is 8.87. The zero-order valence-corrected chi connectivity index (χ0v) is 19.6. The lowest BCUT2D eigenvalue weighted by Gasteiger charge is -2.23. The highest BCUT2D eigenvalue weighted by Crippen LogP contribution is 2.37. The van der Waals surface area contributed by atoms with Crippen molar-refractivity contribution < 1.29 is 14.2 Å². The number of ether oxygens (including phenoxy) is 3. The van der Waals surface area contributed by atoms with Gasteiger partial charge in [0, 0.05) is 24.0 Å². The van der Waals surface area contributed by atoms with E-state index in [9.17, 15) is 0 Å². The number of fused-ring (bicyclic) bond motifs is 1. The second kappa shape index (κ2) is 9.09. The van der Waals surface area contributed by atoms with E-state index in [0.29, 0.717) is 19.1 Å². The SMILES string of the molecule is C=Cc1nn(C2CCCCO2)c2c(C)nc(-c3c(C)nn(C)c3O[C@H]3COC[C@H]3N=[N+]=[N-])cc12. The summed E-state index contributed by atoms with van der Waals surface area (Å²) in [4.78, 5) is 7.87. The van der Waals surface area contributed by atoms with E-state index in [4.69, 9.17) is 29.8 Å². The van der Waals surface area contributed by atoms with Crippen molar-refractivity contribution in [3.8, 4) is 17.1 Å². The predicted molar refractivity (Wildman–Crippen MR) is 126 cm³/mol. The first kappa shape index (κ1) is 22.4. The average Bonchev–Trinajstić information content (AvgIpc) is 3.51. The molecule has 11 nitrogen and oxygen atoms in total. The van der Waals surface area contributed by atoms with E-state index in [2.05, 4.69) is 21.7 Å². The highest BCUT2D eigenvalue weighted by molar-refractivity contribution is 5.92. The second-order valence-corrected chi connectivity index (χ2v) is 8.70. The molecule has 0 aliphatic carbocycles. The molecular weight excluding hydrogens is 436 g/mol. The van der Waals surface area contributed by atoms with E-state index in [1.807, 2.05) is 31.6 Å². The lowest BCUT2D eigenvalue weighted by atomic mass is 10.1. The first-order valence-corrected chi connectivity index (χ1v) is 11.5. The number of nitrogens with zero attached hydrogens (tertiary/aromatic N) is 8. The molecule has 34 heavy (non-hydrogen) atoms. The smallest absolute Gasteiger partial charge is 0.221 e. The molecule has 5 rings (SSSR count). The van der Waals surface area contributed by atoms with Crippen LogP contribution in [0.25, 0.3) is 38.7 Å². The van der Waals surface area contributed by atoms with Gasteiger partial charge in [0.05, 0.1) is 53.1 Å². The quantitative estimate of drug-likeness (QED) is 0.305. The Morgan fingerprint density at radius 1 is 1.26 bits per heavy atom. The summed E-state index contributed by atoms with van der Waals surface area (Å²) in [5, 5.41) is 14.2. The monoisotopic (exact) mass is 464 g/mol. The van der Waals surface area contributed by atoms with Gasteiger partial charge in [-0.1, -0.05) is 11.7 Å². The van der Waals surface area contributed by atoms with Crippen molar-refractivity contribution in [3.05, 3.63) is 40.2 Å². The van der Waals surface area contributed by atoms with Gasteiger partial charge in [0.1, 0.15) is 6.10 Å². The molecule has 0 amide bonds. The van der Waals surface area contributed by atoms with Crippen LogP contribution in [-0.2, 0) is 16.5 Å². The van der Waals surface area contributed by atoms with Gasteiger partial charge < -0.3 is 14.2 Å². The van der Waals surface area contributed by atoms with Gasteiger partial charge in [0.2, 0.25) is 5.88 Å². The van der Waals surface area contributed by atoms with Crippen molar-refractivity contribution in [2.24, 2.45) is 12.2 Å². The topological polar surface area (TPSA) is 125 Å². The number of hydrogen-bond donors (Lipinski definition) is 0. The molecule has 3 aromatic rings. The lowest BCUT2D eigenvalue weighted by Crippen LogP contribution is -2.29. The van der Waals surface area contributed by atoms with Crippen LogP contribution < -0.4 is 4.74 Å². The Kier molecular flexibility index (Phi) is 5.99. The molecule has 3 atom stereocenters. The van der Waals surface area contributed by atoms with Crippen LogP contribution in [0.15, 0.2) is 17.8 Å². The fraction of sp³-hybridized carbons (Fsp3) is 0.522. The number of azide groups is 1. The Bertz CT molecular complexity index is 1280. The summed E-state index contributed by atoms with van der Waals surface area (Å²) in [6, 6.07) is 1.62. The second-order valence-electron chi connectivity index (χ2n) is 8.70. The zero-order chi connectivity index (χ0) is 23.8. The lowest BCUT2D eigenvalue weighted by molar-refractivity contribution is -0.0368. The Balaban J connectivity index is 1.60. The number of pyridine rings is 1. The van der Waals surface area contributed by atoms with E-state index < -0.39 is 12.1 Å². The number of hydrogen-bond acceptors (Lipinski definition) is 7. The molecule has 178 valence electrons. The molecule has 3 aromatic heterocycles. The highest BCUT2D eigenvalue weighted by atomic mass is 16.6. The molecule has 0 spiro atoms. The first-order chi connectivity index (χ1) is 16.5. The molecule has 2 fully saturated rings. The van der Waals surface area contributed by atoms with Gasteiger partial charge in [-0.05, 0) is 50.8 Å². The molecule has 5 heterocycles. The summed E-state index contributed by atoms with van der Waals surface area (Å²) in [5.41, 5.74) is 13.7. The molecule has 11 heteroatoms. The van der Waals surface area contributed by atoms with Gasteiger partial charge in [-0.2, -0.15) is 10.2 Å². The van der Waals surface area contributed by atoms with Crippen molar-refractivity contribution >= 4 is 17.0 Å². The van der Waals surface area contributed by atoms with Crippen LogP contribution in [0.4, 0.5) is 0 Å². The van der Waals surface area contributed by atoms with Crippen LogP contribution in [0.2, 0.25) is 0 Å².